The van der Waals surface area contributed by atoms with Gasteiger partial charge in [-0.3, -0.25) is 18.4 Å². The summed E-state index contributed by atoms with van der Waals surface area (Å²) in [5.41, 5.74) is -15.2. The summed E-state index contributed by atoms with van der Waals surface area (Å²) in [5.74, 6) is 0. The van der Waals surface area contributed by atoms with Gasteiger partial charge in [-0.05, 0) is 36.4 Å². The van der Waals surface area contributed by atoms with E-state index in [-0.39, 0.29) is 8.80 Å². The molecule has 44 heavy (non-hydrogen) atoms. The third-order valence-corrected chi connectivity index (χ3v) is 7.31. The van der Waals surface area contributed by atoms with Crippen LogP contribution in [-0.2, 0) is 24.7 Å². The second kappa shape index (κ2) is 7.97. The SMILES string of the molecule is O=c1c2c(C(F)(F)F)c3c(c(C(F)(F)F)c2c2nc4ccc(C(F)(F)F)cc4n12)c(=O)n1c2cc(C(F)(F)F)ccc2nc31. The highest BCUT2D eigenvalue weighted by Gasteiger charge is 2.47. The van der Waals surface area contributed by atoms with E-state index < -0.39 is 113 Å². The zero-order valence-corrected chi connectivity index (χ0v) is 20.6. The summed E-state index contributed by atoms with van der Waals surface area (Å²) < 4.78 is 169. The van der Waals surface area contributed by atoms with Gasteiger partial charge < -0.3 is 0 Å². The van der Waals surface area contributed by atoms with Gasteiger partial charge in [0.15, 0.2) is 0 Å². The second-order valence-corrected chi connectivity index (χ2v) is 9.80. The Kier molecular flexibility index (Phi) is 5.06. The number of alkyl halides is 12. The van der Waals surface area contributed by atoms with Crippen molar-refractivity contribution in [3.8, 4) is 0 Å². The maximum absolute atomic E-state index is 14.8. The van der Waals surface area contributed by atoms with Crippen LogP contribution in [0.15, 0.2) is 46.0 Å². The maximum Gasteiger partial charge on any atom is 0.417 e. The van der Waals surface area contributed by atoms with Gasteiger partial charge in [0, 0.05) is 10.8 Å². The van der Waals surface area contributed by atoms with Crippen LogP contribution in [0.3, 0.4) is 0 Å². The molecule has 0 spiro atoms. The minimum Gasteiger partial charge on any atom is -0.268 e. The monoisotopic (exact) mass is 634 g/mol. The zero-order valence-electron chi connectivity index (χ0n) is 20.6. The predicted octanol–water partition coefficient (Wildman–Crippen LogP) is 7.27. The first-order valence-corrected chi connectivity index (χ1v) is 11.9. The van der Waals surface area contributed by atoms with Gasteiger partial charge in [-0.15, -0.1) is 0 Å². The predicted molar refractivity (Wildman–Crippen MR) is 129 cm³/mol. The highest BCUT2D eigenvalue weighted by atomic mass is 19.4. The smallest absolute Gasteiger partial charge is 0.268 e. The molecule has 4 heterocycles. The highest BCUT2D eigenvalue weighted by Crippen LogP contribution is 2.49. The first kappa shape index (κ1) is 27.9. The van der Waals surface area contributed by atoms with E-state index in [1.165, 1.54) is 0 Å². The van der Waals surface area contributed by atoms with Crippen molar-refractivity contribution in [1.82, 2.24) is 18.8 Å². The van der Waals surface area contributed by atoms with Gasteiger partial charge >= 0.3 is 24.7 Å². The van der Waals surface area contributed by atoms with Gasteiger partial charge in [0.05, 0.1) is 55.1 Å². The number of nitrogens with zero attached hydrogens (tertiary/aromatic N) is 4. The molecular formula is C26H6F12N4O2. The Labute approximate surface area is 231 Å². The Morgan fingerprint density at radius 3 is 1.11 bits per heavy atom. The molecule has 0 bridgehead atoms. The van der Waals surface area contributed by atoms with E-state index in [1.807, 2.05) is 0 Å². The number of hydrogen-bond donors (Lipinski definition) is 0. The molecule has 0 amide bonds. The lowest BCUT2D eigenvalue weighted by molar-refractivity contribution is -0.138. The number of halogens is 12. The fraction of sp³-hybridized carbons (Fsp3) is 0.154. The Morgan fingerprint density at radius 1 is 0.477 bits per heavy atom. The number of aromatic nitrogens is 4. The average molecular weight is 634 g/mol. The molecule has 226 valence electrons. The summed E-state index contributed by atoms with van der Waals surface area (Å²) in [4.78, 5) is 34.5. The molecule has 6 nitrogen and oxygen atoms in total. The molecule has 7 aromatic rings. The lowest BCUT2D eigenvalue weighted by Gasteiger charge is -2.14. The fourth-order valence-corrected chi connectivity index (χ4v) is 5.67. The van der Waals surface area contributed by atoms with Crippen molar-refractivity contribution in [2.45, 2.75) is 24.7 Å². The molecular weight excluding hydrogens is 628 g/mol. The summed E-state index contributed by atoms with van der Waals surface area (Å²) in [7, 11) is 0. The number of hydrogen-bond acceptors (Lipinski definition) is 4. The van der Waals surface area contributed by atoms with Gasteiger partial charge in [-0.1, -0.05) is 0 Å². The summed E-state index contributed by atoms with van der Waals surface area (Å²) in [6.07, 6.45) is -21.4. The molecule has 0 aliphatic rings. The van der Waals surface area contributed by atoms with Gasteiger partial charge in [0.25, 0.3) is 11.1 Å². The molecule has 3 aromatic carbocycles. The van der Waals surface area contributed by atoms with E-state index in [2.05, 4.69) is 9.97 Å². The average Bonchev–Trinajstić information content (AvgIpc) is 3.59. The van der Waals surface area contributed by atoms with Crippen molar-refractivity contribution in [1.29, 1.82) is 0 Å². The number of benzene rings is 3. The van der Waals surface area contributed by atoms with Crippen molar-refractivity contribution in [2.24, 2.45) is 0 Å². The van der Waals surface area contributed by atoms with Crippen molar-refractivity contribution in [2.75, 3.05) is 0 Å². The lowest BCUT2D eigenvalue weighted by atomic mass is 9.95. The summed E-state index contributed by atoms with van der Waals surface area (Å²) >= 11 is 0. The molecule has 0 fully saturated rings. The van der Waals surface area contributed by atoms with E-state index in [4.69, 9.17) is 0 Å². The first-order chi connectivity index (χ1) is 20.2. The van der Waals surface area contributed by atoms with Gasteiger partial charge in [-0.2, -0.15) is 52.7 Å². The molecule has 18 heteroatoms. The van der Waals surface area contributed by atoms with Gasteiger partial charge in [0.1, 0.15) is 11.3 Å². The van der Waals surface area contributed by atoms with E-state index in [0.29, 0.717) is 36.4 Å². The van der Waals surface area contributed by atoms with Crippen LogP contribution in [0.2, 0.25) is 0 Å². The van der Waals surface area contributed by atoms with Crippen LogP contribution in [0.4, 0.5) is 52.7 Å². The van der Waals surface area contributed by atoms with E-state index >= 15 is 0 Å². The minimum atomic E-state index is -5.68. The molecule has 7 rings (SSSR count). The highest BCUT2D eigenvalue weighted by molar-refractivity contribution is 6.17. The Bertz CT molecular complexity index is 2310. The quantitative estimate of drug-likeness (QED) is 0.165. The first-order valence-electron chi connectivity index (χ1n) is 11.9. The Hall–Kier alpha value is -4.90. The number of rotatable bonds is 0. The topological polar surface area (TPSA) is 68.7 Å². The fourth-order valence-electron chi connectivity index (χ4n) is 5.67. The number of imidazole rings is 2. The van der Waals surface area contributed by atoms with Crippen molar-refractivity contribution < 1.29 is 52.7 Å². The van der Waals surface area contributed by atoms with E-state index in [1.54, 1.807) is 0 Å². The minimum absolute atomic E-state index is 0.165. The summed E-state index contributed by atoms with van der Waals surface area (Å²) in [5, 5.41) is -6.35. The summed E-state index contributed by atoms with van der Waals surface area (Å²) in [6, 6.07) is 3.04. The normalized spacial score (nSPS) is 14.1. The van der Waals surface area contributed by atoms with Crippen molar-refractivity contribution >= 4 is 54.9 Å². The van der Waals surface area contributed by atoms with E-state index in [0.717, 1.165) is 0 Å². The number of fused-ring (bicyclic) bond motifs is 10. The lowest BCUT2D eigenvalue weighted by Crippen LogP contribution is -2.18. The molecule has 0 unspecified atom stereocenters. The molecule has 0 aliphatic carbocycles. The van der Waals surface area contributed by atoms with Crippen LogP contribution in [0.25, 0.3) is 54.9 Å². The van der Waals surface area contributed by atoms with E-state index in [9.17, 15) is 62.3 Å². The van der Waals surface area contributed by atoms with Crippen LogP contribution < -0.4 is 11.1 Å². The summed E-state index contributed by atoms with van der Waals surface area (Å²) in [6.45, 7) is 0. The molecule has 0 radical (unpaired) electrons. The largest absolute Gasteiger partial charge is 0.417 e. The van der Waals surface area contributed by atoms with Crippen LogP contribution in [0.5, 0.6) is 0 Å². The molecule has 0 saturated heterocycles. The molecule has 0 saturated carbocycles. The molecule has 0 aliphatic heterocycles. The van der Waals surface area contributed by atoms with Gasteiger partial charge in [-0.25, -0.2) is 9.97 Å². The third-order valence-electron chi connectivity index (χ3n) is 7.31. The second-order valence-electron chi connectivity index (χ2n) is 9.80. The molecule has 0 N–H and O–H groups in total. The van der Waals surface area contributed by atoms with Crippen LogP contribution in [0, 0.1) is 0 Å². The van der Waals surface area contributed by atoms with Crippen molar-refractivity contribution in [3.63, 3.8) is 0 Å². The molecule has 4 aromatic heterocycles. The Morgan fingerprint density at radius 2 is 0.818 bits per heavy atom. The standard InChI is InChI=1S/C26H6F12N4O2/c27-23(28,29)7-1-3-9-11(5-7)41-19(39-9)13-15(21(41)43)18(26(36,37)38)14-16(17(13)25(33,34)35)22(44)42-12-6-8(24(30,31)32)2-4-10(12)40-20(14)42/h1-6H. The zero-order chi connectivity index (χ0) is 32.0. The van der Waals surface area contributed by atoms with Gasteiger partial charge in [0.2, 0.25) is 0 Å². The maximum atomic E-state index is 14.8. The van der Waals surface area contributed by atoms with Crippen molar-refractivity contribution in [3.05, 3.63) is 79.4 Å². The van der Waals surface area contributed by atoms with Crippen LogP contribution >= 0.6 is 0 Å². The molecule has 0 atom stereocenters. The van der Waals surface area contributed by atoms with Crippen LogP contribution in [-0.4, -0.2) is 18.8 Å². The Balaban J connectivity index is 1.80. The third kappa shape index (κ3) is 3.53. The van der Waals surface area contributed by atoms with Crippen LogP contribution in [0.1, 0.15) is 22.3 Å².